The van der Waals surface area contributed by atoms with E-state index in [2.05, 4.69) is 0 Å². The number of hydrogen-bond acceptors (Lipinski definition) is 3. The molecule has 2 aromatic rings. The van der Waals surface area contributed by atoms with Crippen LogP contribution in [0, 0.1) is 5.82 Å². The van der Waals surface area contributed by atoms with Gasteiger partial charge in [0, 0.05) is 19.4 Å². The average molecular weight is 298 g/mol. The molecule has 8 heteroatoms. The van der Waals surface area contributed by atoms with Gasteiger partial charge in [0.1, 0.15) is 10.7 Å². The maximum atomic E-state index is 13.6. The van der Waals surface area contributed by atoms with Gasteiger partial charge in [-0.25, -0.2) is 17.6 Å². The second-order valence-corrected chi connectivity index (χ2v) is 5.80. The Bertz CT molecular complexity index is 768. The third-order valence-electron chi connectivity index (χ3n) is 2.57. The zero-order chi connectivity index (χ0) is 14.9. The van der Waals surface area contributed by atoms with Crippen LogP contribution in [0.3, 0.4) is 0 Å². The number of nitrogens with one attached hydrogen (secondary N) is 1. The molecule has 0 amide bonds. The van der Waals surface area contributed by atoms with E-state index in [0.29, 0.717) is 0 Å². The van der Waals surface area contributed by atoms with Crippen molar-refractivity contribution in [1.82, 2.24) is 4.57 Å². The van der Waals surface area contributed by atoms with Crippen molar-refractivity contribution < 1.29 is 22.7 Å². The molecule has 1 heterocycles. The second kappa shape index (κ2) is 4.97. The fourth-order valence-electron chi connectivity index (χ4n) is 1.58. The zero-order valence-corrected chi connectivity index (χ0v) is 11.2. The number of aromatic carboxylic acids is 1. The summed E-state index contributed by atoms with van der Waals surface area (Å²) in [5, 5.41) is 8.82. The average Bonchev–Trinajstić information content (AvgIpc) is 2.79. The SMILES string of the molecule is Cn1ccc(S(=O)(=O)Nc2cc(C(=O)O)ccc2F)c1. The molecular weight excluding hydrogens is 287 g/mol. The van der Waals surface area contributed by atoms with Gasteiger partial charge in [0.2, 0.25) is 0 Å². The van der Waals surface area contributed by atoms with E-state index in [-0.39, 0.29) is 10.5 Å². The molecule has 2 rings (SSSR count). The lowest BCUT2D eigenvalue weighted by atomic mass is 10.2. The Morgan fingerprint density at radius 3 is 2.60 bits per heavy atom. The Kier molecular flexibility index (Phi) is 3.49. The molecule has 1 aromatic heterocycles. The first-order valence-corrected chi connectivity index (χ1v) is 6.95. The summed E-state index contributed by atoms with van der Waals surface area (Å²) in [6, 6.07) is 4.23. The van der Waals surface area contributed by atoms with Crippen molar-refractivity contribution in [2.45, 2.75) is 4.90 Å². The lowest BCUT2D eigenvalue weighted by molar-refractivity contribution is 0.0697. The minimum absolute atomic E-state index is 0.0415. The van der Waals surface area contributed by atoms with Gasteiger partial charge in [-0.2, -0.15) is 0 Å². The van der Waals surface area contributed by atoms with Crippen molar-refractivity contribution in [3.63, 3.8) is 0 Å². The van der Waals surface area contributed by atoms with Crippen LogP contribution in [-0.2, 0) is 17.1 Å². The maximum Gasteiger partial charge on any atom is 0.335 e. The summed E-state index contributed by atoms with van der Waals surface area (Å²) in [5.41, 5.74) is -0.620. The van der Waals surface area contributed by atoms with Crippen LogP contribution >= 0.6 is 0 Å². The number of halogens is 1. The van der Waals surface area contributed by atoms with Gasteiger partial charge in [0.05, 0.1) is 11.3 Å². The largest absolute Gasteiger partial charge is 0.478 e. The molecule has 106 valence electrons. The van der Waals surface area contributed by atoms with Crippen molar-refractivity contribution in [2.24, 2.45) is 7.05 Å². The first-order valence-electron chi connectivity index (χ1n) is 5.47. The topological polar surface area (TPSA) is 88.4 Å². The van der Waals surface area contributed by atoms with Gasteiger partial charge in [-0.15, -0.1) is 0 Å². The highest BCUT2D eigenvalue weighted by atomic mass is 32.2. The standard InChI is InChI=1S/C12H11FN2O4S/c1-15-5-4-9(7-15)20(18,19)14-11-6-8(12(16)17)2-3-10(11)13/h2-7,14H,1H3,(H,16,17). The van der Waals surface area contributed by atoms with Crippen LogP contribution in [0.15, 0.2) is 41.6 Å². The number of carbonyl (C=O) groups is 1. The minimum Gasteiger partial charge on any atom is -0.478 e. The Morgan fingerprint density at radius 2 is 2.05 bits per heavy atom. The van der Waals surface area contributed by atoms with E-state index >= 15 is 0 Å². The summed E-state index contributed by atoms with van der Waals surface area (Å²) in [7, 11) is -2.32. The summed E-state index contributed by atoms with van der Waals surface area (Å²) in [6.07, 6.45) is 2.87. The molecule has 0 unspecified atom stereocenters. The number of nitrogens with zero attached hydrogens (tertiary/aromatic N) is 1. The minimum atomic E-state index is -3.96. The molecule has 1 aromatic carbocycles. The van der Waals surface area contributed by atoms with Crippen molar-refractivity contribution in [3.05, 3.63) is 48.0 Å². The number of carboxylic acids is 1. The maximum absolute atomic E-state index is 13.6. The molecule has 0 saturated heterocycles. The van der Waals surface area contributed by atoms with Crippen LogP contribution in [0.2, 0.25) is 0 Å². The van der Waals surface area contributed by atoms with E-state index in [0.717, 1.165) is 18.2 Å². The number of anilines is 1. The molecular formula is C12H11FN2O4S. The normalized spacial score (nSPS) is 11.3. The van der Waals surface area contributed by atoms with Crippen LogP contribution in [0.4, 0.5) is 10.1 Å². The monoisotopic (exact) mass is 298 g/mol. The van der Waals surface area contributed by atoms with Gasteiger partial charge in [-0.3, -0.25) is 4.72 Å². The third-order valence-corrected chi connectivity index (χ3v) is 3.92. The predicted octanol–water partition coefficient (Wildman–Crippen LogP) is 1.66. The van der Waals surface area contributed by atoms with Crippen LogP contribution in [-0.4, -0.2) is 24.1 Å². The number of sulfonamides is 1. The highest BCUT2D eigenvalue weighted by molar-refractivity contribution is 7.92. The van der Waals surface area contributed by atoms with Gasteiger partial charge in [0.15, 0.2) is 0 Å². The molecule has 0 spiro atoms. The van der Waals surface area contributed by atoms with Gasteiger partial charge in [-0.05, 0) is 24.3 Å². The van der Waals surface area contributed by atoms with E-state index in [9.17, 15) is 17.6 Å². The van der Waals surface area contributed by atoms with Gasteiger partial charge >= 0.3 is 5.97 Å². The molecule has 0 radical (unpaired) electrons. The number of benzene rings is 1. The Hall–Kier alpha value is -2.35. The molecule has 20 heavy (non-hydrogen) atoms. The molecule has 0 aliphatic rings. The summed E-state index contributed by atoms with van der Waals surface area (Å²) >= 11 is 0. The number of rotatable bonds is 4. The molecule has 6 nitrogen and oxygen atoms in total. The van der Waals surface area contributed by atoms with Crippen molar-refractivity contribution >= 4 is 21.7 Å². The van der Waals surface area contributed by atoms with Crippen molar-refractivity contribution in [2.75, 3.05) is 4.72 Å². The summed E-state index contributed by atoms with van der Waals surface area (Å²) < 4.78 is 41.1. The number of aryl methyl sites for hydroxylation is 1. The molecule has 0 atom stereocenters. The number of hydrogen-bond donors (Lipinski definition) is 2. The van der Waals surface area contributed by atoms with Crippen LogP contribution in [0.5, 0.6) is 0 Å². The van der Waals surface area contributed by atoms with E-state index in [1.165, 1.54) is 23.0 Å². The Morgan fingerprint density at radius 1 is 1.35 bits per heavy atom. The predicted molar refractivity (Wildman–Crippen MR) is 69.6 cm³/mol. The van der Waals surface area contributed by atoms with Crippen molar-refractivity contribution in [3.8, 4) is 0 Å². The first kappa shape index (κ1) is 14.1. The van der Waals surface area contributed by atoms with Crippen molar-refractivity contribution in [1.29, 1.82) is 0 Å². The van der Waals surface area contributed by atoms with E-state index in [1.54, 1.807) is 7.05 Å². The van der Waals surface area contributed by atoms with Gasteiger partial charge < -0.3 is 9.67 Å². The Labute approximate surface area is 114 Å². The van der Waals surface area contributed by atoms with Crippen LogP contribution in [0.25, 0.3) is 0 Å². The van der Waals surface area contributed by atoms with Gasteiger partial charge in [0.25, 0.3) is 10.0 Å². The fourth-order valence-corrected chi connectivity index (χ4v) is 2.69. The quantitative estimate of drug-likeness (QED) is 0.898. The van der Waals surface area contributed by atoms with Crippen LogP contribution < -0.4 is 4.72 Å². The van der Waals surface area contributed by atoms with E-state index in [4.69, 9.17) is 5.11 Å². The molecule has 0 saturated carbocycles. The molecule has 2 N–H and O–H groups in total. The highest BCUT2D eigenvalue weighted by Crippen LogP contribution is 2.20. The number of aromatic nitrogens is 1. The third kappa shape index (κ3) is 2.80. The van der Waals surface area contributed by atoms with Crippen LogP contribution in [0.1, 0.15) is 10.4 Å². The Balaban J connectivity index is 2.39. The second-order valence-electron chi connectivity index (χ2n) is 4.12. The van der Waals surface area contributed by atoms with E-state index < -0.39 is 27.5 Å². The molecule has 0 aliphatic heterocycles. The summed E-state index contributed by atoms with van der Waals surface area (Å²) in [5.74, 6) is -2.13. The smallest absolute Gasteiger partial charge is 0.335 e. The molecule has 0 aliphatic carbocycles. The fraction of sp³-hybridized carbons (Fsp3) is 0.0833. The summed E-state index contributed by atoms with van der Waals surface area (Å²) in [6.45, 7) is 0. The molecule has 0 bridgehead atoms. The zero-order valence-electron chi connectivity index (χ0n) is 10.4. The first-order chi connectivity index (χ1) is 9.29. The highest BCUT2D eigenvalue weighted by Gasteiger charge is 2.18. The lowest BCUT2D eigenvalue weighted by Crippen LogP contribution is -2.14. The lowest BCUT2D eigenvalue weighted by Gasteiger charge is -2.08. The summed E-state index contributed by atoms with van der Waals surface area (Å²) in [4.78, 5) is 10.8. The van der Waals surface area contributed by atoms with Gasteiger partial charge in [-0.1, -0.05) is 0 Å². The molecule has 0 fully saturated rings. The van der Waals surface area contributed by atoms with E-state index in [1.807, 2.05) is 4.72 Å². The number of carboxylic acid groups (broad SMARTS) is 1.